The standard InChI is InChI=1S/C52H30BN5O2.C46H27BN4O2/c1-7-19-41-33(13-1)34-14-2-8-20-42(34)56(41)31-25-27-45-37(29-31)38-30-32(57-43-21-9-3-15-35(43)36-16-4-10-22-44(36)57)26-28-46(38)58(45)52-54-50-49-51(55-52)60-48-24-12-6-18-40(48)53(49)39-17-5-11-23-47(39)59-50;1-2-12-28(13-3-1)29-22-24-30(25-23-29)50-37-18-8-4-14-31(37)33-27-40-34(26-39(33)50)32-15-5-9-19-38(32)51(40)46-48-44-43-45(49-46)53-42-21-11-7-17-36(42)47(43)35-16-6-10-20-41(35)52-44/h1-30H;1-27H. The van der Waals surface area contributed by atoms with Crippen LogP contribution in [0, 0.1) is 0 Å². The van der Waals surface area contributed by atoms with Gasteiger partial charge in [0.25, 0.3) is 13.4 Å². The first-order chi connectivity index (χ1) is 56.0. The molecule has 0 bridgehead atoms. The molecule has 113 heavy (non-hydrogen) atoms. The maximum absolute atomic E-state index is 6.65. The zero-order chi connectivity index (χ0) is 73.7. The average Bonchev–Trinajstić information content (AvgIpc) is 1.86. The lowest BCUT2D eigenvalue weighted by molar-refractivity contribution is 0.436. The molecule has 4 aliphatic rings. The summed E-state index contributed by atoms with van der Waals surface area (Å²) in [5.41, 5.74) is 22.6. The van der Waals surface area contributed by atoms with E-state index in [4.69, 9.17) is 38.9 Å². The van der Waals surface area contributed by atoms with E-state index in [9.17, 15) is 0 Å². The molecule has 0 saturated heterocycles. The van der Waals surface area contributed by atoms with Crippen LogP contribution >= 0.6 is 0 Å². The summed E-state index contributed by atoms with van der Waals surface area (Å²) in [5.74, 6) is 6.21. The summed E-state index contributed by atoms with van der Waals surface area (Å²) in [6.07, 6.45) is 0. The normalized spacial score (nSPS) is 12.8. The van der Waals surface area contributed by atoms with Crippen LogP contribution in [0.3, 0.4) is 0 Å². The molecule has 0 atom stereocenters. The molecular weight excluding hydrogens is 1390 g/mol. The van der Waals surface area contributed by atoms with Crippen LogP contribution in [-0.2, 0) is 0 Å². The van der Waals surface area contributed by atoms with Crippen molar-refractivity contribution in [1.82, 2.24) is 42.8 Å². The van der Waals surface area contributed by atoms with Gasteiger partial charge in [-0.25, -0.2) is 0 Å². The van der Waals surface area contributed by atoms with Crippen molar-refractivity contribution in [2.24, 2.45) is 0 Å². The van der Waals surface area contributed by atoms with Gasteiger partial charge in [0.05, 0.1) is 66.1 Å². The SMILES string of the molecule is c1ccc(-c2ccc(-n3c4ccccc4c4cc5c(cc43)c3ccccc3n5-c3nc4c5c(n3)Oc3ccccc3B5c3ccccc3O4)cc2)cc1.c1ccc2c(c1)Oc1nc(-n3c4ccc(-n5c6ccccc6c6ccccc65)cc4c4cc(-n5c6ccccc6c6ccccc65)ccc43)nc3c1B2c1ccccc1O3. The lowest BCUT2D eigenvalue weighted by Gasteiger charge is -2.31. The van der Waals surface area contributed by atoms with E-state index in [0.29, 0.717) is 35.4 Å². The predicted molar refractivity (Wildman–Crippen MR) is 457 cm³/mol. The van der Waals surface area contributed by atoms with Crippen LogP contribution in [0.4, 0.5) is 0 Å². The number of ether oxygens (including phenoxy) is 4. The average molecular weight is 1450 g/mol. The molecule has 22 aromatic rings. The van der Waals surface area contributed by atoms with Crippen LogP contribution in [0.1, 0.15) is 0 Å². The number of para-hydroxylation sites is 10. The van der Waals surface area contributed by atoms with Gasteiger partial charge in [-0.05, 0) is 154 Å². The van der Waals surface area contributed by atoms with Gasteiger partial charge in [0, 0.05) is 70.9 Å². The van der Waals surface area contributed by atoms with Crippen molar-refractivity contribution in [3.05, 3.63) is 346 Å². The van der Waals surface area contributed by atoms with Gasteiger partial charge in [0.2, 0.25) is 35.4 Å². The lowest BCUT2D eigenvalue weighted by Crippen LogP contribution is -2.58. The molecule has 13 nitrogen and oxygen atoms in total. The van der Waals surface area contributed by atoms with Gasteiger partial charge in [0.1, 0.15) is 23.0 Å². The van der Waals surface area contributed by atoms with E-state index >= 15 is 0 Å². The van der Waals surface area contributed by atoms with Gasteiger partial charge in [-0.3, -0.25) is 9.13 Å². The molecule has 26 rings (SSSR count). The van der Waals surface area contributed by atoms with Crippen molar-refractivity contribution >= 4 is 155 Å². The highest BCUT2D eigenvalue weighted by Crippen LogP contribution is 2.45. The number of aromatic nitrogens is 9. The second-order valence-corrected chi connectivity index (χ2v) is 29.5. The van der Waals surface area contributed by atoms with Gasteiger partial charge >= 0.3 is 0 Å². The number of fused-ring (bicyclic) bond motifs is 23. The molecule has 0 radical (unpaired) electrons. The fourth-order valence-electron chi connectivity index (χ4n) is 18.7. The zero-order valence-corrected chi connectivity index (χ0v) is 60.2. The summed E-state index contributed by atoms with van der Waals surface area (Å²) >= 11 is 0. The minimum atomic E-state index is -0.111. The summed E-state index contributed by atoms with van der Waals surface area (Å²) in [6.45, 7) is -0.200. The Bertz CT molecular complexity index is 7450. The van der Waals surface area contributed by atoms with Gasteiger partial charge in [0.15, 0.2) is 0 Å². The molecule has 4 aliphatic heterocycles. The maximum Gasteiger partial charge on any atom is 0.265 e. The molecule has 0 unspecified atom stereocenters. The van der Waals surface area contributed by atoms with Crippen molar-refractivity contribution in [3.8, 4) is 86.6 Å². The summed E-state index contributed by atoms with van der Waals surface area (Å²) in [7, 11) is 0. The van der Waals surface area contributed by atoms with Crippen molar-refractivity contribution in [2.75, 3.05) is 0 Å². The second kappa shape index (κ2) is 23.6. The molecule has 15 aromatic carbocycles. The Morgan fingerprint density at radius 1 is 0.195 bits per heavy atom. The zero-order valence-electron chi connectivity index (χ0n) is 60.2. The van der Waals surface area contributed by atoms with E-state index in [1.165, 1.54) is 38.1 Å². The number of hydrogen-bond donors (Lipinski definition) is 0. The van der Waals surface area contributed by atoms with Crippen LogP contribution in [0.25, 0.3) is 149 Å². The Morgan fingerprint density at radius 2 is 0.451 bits per heavy atom. The fraction of sp³-hybridized carbons (Fsp3) is 0. The van der Waals surface area contributed by atoms with E-state index in [-0.39, 0.29) is 13.4 Å². The number of hydrogen-bond acceptors (Lipinski definition) is 8. The molecular formula is C98H57B2N9O4. The Morgan fingerprint density at radius 3 is 0.823 bits per heavy atom. The first-order valence-electron chi connectivity index (χ1n) is 38.1. The monoisotopic (exact) mass is 1450 g/mol. The summed E-state index contributed by atoms with van der Waals surface area (Å²) in [5, 5.41) is 11.6. The Balaban J connectivity index is 0.000000129. The highest BCUT2D eigenvalue weighted by molar-refractivity contribution is 6.98. The highest BCUT2D eigenvalue weighted by Gasteiger charge is 2.44. The van der Waals surface area contributed by atoms with E-state index in [1.807, 2.05) is 48.5 Å². The molecule has 524 valence electrons. The summed E-state index contributed by atoms with van der Waals surface area (Å²) < 4.78 is 37.9. The fourth-order valence-corrected chi connectivity index (χ4v) is 18.7. The van der Waals surface area contributed by atoms with Crippen molar-refractivity contribution in [2.45, 2.75) is 0 Å². The van der Waals surface area contributed by atoms with E-state index in [1.54, 1.807) is 0 Å². The molecule has 15 heteroatoms. The molecule has 0 N–H and O–H groups in total. The maximum atomic E-state index is 6.65. The van der Waals surface area contributed by atoms with Crippen LogP contribution in [0.2, 0.25) is 0 Å². The van der Waals surface area contributed by atoms with Crippen molar-refractivity contribution < 1.29 is 18.9 Å². The van der Waals surface area contributed by atoms with Gasteiger partial charge in [-0.2, -0.15) is 19.9 Å². The van der Waals surface area contributed by atoms with Crippen LogP contribution in [0.5, 0.6) is 46.5 Å². The first-order valence-corrected chi connectivity index (χ1v) is 38.1. The van der Waals surface area contributed by atoms with Gasteiger partial charge < -0.3 is 32.6 Å². The van der Waals surface area contributed by atoms with Crippen molar-refractivity contribution in [1.29, 1.82) is 0 Å². The Kier molecular flexibility index (Phi) is 12.9. The molecule has 7 aromatic heterocycles. The highest BCUT2D eigenvalue weighted by atomic mass is 16.5. The number of rotatable bonds is 6. The van der Waals surface area contributed by atoms with E-state index in [2.05, 4.69) is 320 Å². The number of nitrogens with zero attached hydrogens (tertiary/aromatic N) is 9. The van der Waals surface area contributed by atoms with Crippen LogP contribution in [-0.4, -0.2) is 56.2 Å². The van der Waals surface area contributed by atoms with Gasteiger partial charge in [-0.15, -0.1) is 0 Å². The lowest BCUT2D eigenvalue weighted by atomic mass is 9.35. The van der Waals surface area contributed by atoms with Crippen molar-refractivity contribution in [3.63, 3.8) is 0 Å². The van der Waals surface area contributed by atoms with E-state index in [0.717, 1.165) is 155 Å². The van der Waals surface area contributed by atoms with Crippen LogP contribution in [0.15, 0.2) is 346 Å². The Labute approximate surface area is 645 Å². The molecule has 0 aliphatic carbocycles. The smallest absolute Gasteiger partial charge is 0.265 e. The Hall–Kier alpha value is -15.2. The minimum absolute atomic E-state index is 0.0883. The second-order valence-electron chi connectivity index (χ2n) is 29.5. The third-order valence-electron chi connectivity index (χ3n) is 23.6. The van der Waals surface area contributed by atoms with E-state index < -0.39 is 0 Å². The molecule has 0 saturated carbocycles. The topological polar surface area (TPSA) is 113 Å². The molecule has 0 fully saturated rings. The molecule has 0 amide bonds. The van der Waals surface area contributed by atoms with Crippen LogP contribution < -0.4 is 51.7 Å². The number of benzene rings is 15. The van der Waals surface area contributed by atoms with Gasteiger partial charge in [-0.1, -0.05) is 224 Å². The minimum Gasteiger partial charge on any atom is -0.440 e. The predicted octanol–water partition coefficient (Wildman–Crippen LogP) is 19.6. The third kappa shape index (κ3) is 9.00. The molecule has 11 heterocycles. The first kappa shape index (κ1) is 61.8. The summed E-state index contributed by atoms with van der Waals surface area (Å²) in [6, 6.07) is 122. The quantitative estimate of drug-likeness (QED) is 0.151. The largest absolute Gasteiger partial charge is 0.440 e. The molecule has 0 spiro atoms. The third-order valence-corrected chi connectivity index (χ3v) is 23.6. The summed E-state index contributed by atoms with van der Waals surface area (Å²) in [4.78, 5) is 20.9.